The Bertz CT molecular complexity index is 2730. The van der Waals surface area contributed by atoms with Crippen LogP contribution in [0.25, 0.3) is 38.6 Å². The number of amidine groups is 1. The van der Waals surface area contributed by atoms with Crippen LogP contribution in [0.4, 0.5) is 18.4 Å². The Kier molecular flexibility index (Phi) is 18.6. The van der Waals surface area contributed by atoms with Crippen LogP contribution >= 0.6 is 0 Å². The zero-order valence-corrected chi connectivity index (χ0v) is 47.2. The largest absolute Gasteiger partial charge is 0.473 e. The highest BCUT2D eigenvalue weighted by Gasteiger charge is 2.43. The summed E-state index contributed by atoms with van der Waals surface area (Å²) in [6.45, 7) is 19.4. The second kappa shape index (κ2) is 24.2. The minimum Gasteiger partial charge on any atom is -0.473 e. The van der Waals surface area contributed by atoms with Crippen molar-refractivity contribution in [2.24, 2.45) is 0 Å². The van der Waals surface area contributed by atoms with Gasteiger partial charge in [0.15, 0.2) is 0 Å². The summed E-state index contributed by atoms with van der Waals surface area (Å²) in [5.74, 6) is -4.02. The Morgan fingerprint density at radius 2 is 1.05 bits per heavy atom. The second-order valence-corrected chi connectivity index (χ2v) is 22.5. The van der Waals surface area contributed by atoms with Crippen LogP contribution in [-0.2, 0) is 55.8 Å². The van der Waals surface area contributed by atoms with Crippen molar-refractivity contribution in [3.63, 3.8) is 0 Å². The van der Waals surface area contributed by atoms with Crippen LogP contribution in [-0.4, -0.2) is 164 Å². The molecule has 2 unspecified atom stereocenters. The van der Waals surface area contributed by atoms with Crippen molar-refractivity contribution in [1.82, 2.24) is 40.2 Å². The molecule has 0 aliphatic carbocycles. The Hall–Kier alpha value is -7.26. The third-order valence-corrected chi connectivity index (χ3v) is 14.2. The molecule has 2 aromatic heterocycles. The summed E-state index contributed by atoms with van der Waals surface area (Å²) in [6.07, 6.45) is -1.86. The summed E-state index contributed by atoms with van der Waals surface area (Å²) in [6, 6.07) is 3.22. The molecule has 2 aliphatic rings. The molecule has 2 fully saturated rings. The zero-order chi connectivity index (χ0) is 57.9. The molecule has 426 valence electrons. The van der Waals surface area contributed by atoms with Gasteiger partial charge < -0.3 is 59.7 Å². The molecule has 20 nitrogen and oxygen atoms in total. The number of carbonyl (C=O) groups excluding carboxylic acids is 7. The monoisotopic (exact) mass is 1090 g/mol. The van der Waals surface area contributed by atoms with Crippen LogP contribution in [0.2, 0.25) is 0 Å². The maximum absolute atomic E-state index is 15.2. The third kappa shape index (κ3) is 14.3. The summed E-state index contributed by atoms with van der Waals surface area (Å²) in [5.41, 5.74) is 1.37. The number of hydrogen-bond donors (Lipinski definition) is 4. The van der Waals surface area contributed by atoms with E-state index in [1.807, 2.05) is 0 Å². The van der Waals surface area contributed by atoms with Gasteiger partial charge in [0.25, 0.3) is 0 Å². The van der Waals surface area contributed by atoms with E-state index in [2.05, 4.69) is 20.6 Å². The quantitative estimate of drug-likeness (QED) is 0.0348. The molecule has 4 aromatic rings. The number of aromatic amines is 2. The SMILES string of the molecule is CCC(NC(=O)[C@H](C)N(C)C(=O)OC(C)(C)C)C(=O)N1C[C@@H](OC(C)=O)C[C@H]1Cc1c(-c2[nH]c3cc(F)ccc3c2C[C@@H]2CC(OC(C)=O)CN2C(=O)[C@H](CC)NC(=[N-])[C@H](C)N(C)C(=O)OC(C)(C)C)[nH]c2cc(F)ccc12. The number of carbonyl (C=O) groups is 7. The van der Waals surface area contributed by atoms with Crippen molar-refractivity contribution in [2.75, 3.05) is 27.2 Å². The summed E-state index contributed by atoms with van der Waals surface area (Å²) in [4.78, 5) is 106. The lowest BCUT2D eigenvalue weighted by atomic mass is 9.94. The van der Waals surface area contributed by atoms with Crippen LogP contribution < -0.4 is 10.6 Å². The number of nitrogens with zero attached hydrogens (tertiary/aromatic N) is 5. The molecule has 2 aromatic carbocycles. The van der Waals surface area contributed by atoms with E-state index in [1.165, 1.54) is 64.0 Å². The van der Waals surface area contributed by atoms with Gasteiger partial charge in [-0.1, -0.05) is 19.7 Å². The van der Waals surface area contributed by atoms with Gasteiger partial charge in [-0.2, -0.15) is 0 Å². The highest BCUT2D eigenvalue weighted by molar-refractivity contribution is 5.98. The lowest BCUT2D eigenvalue weighted by Crippen LogP contribution is -2.55. The fraction of sp³-hybridized carbons (Fsp3) is 0.571. The van der Waals surface area contributed by atoms with Crippen LogP contribution in [0.1, 0.15) is 120 Å². The summed E-state index contributed by atoms with van der Waals surface area (Å²) < 4.78 is 52.7. The van der Waals surface area contributed by atoms with Crippen LogP contribution in [0, 0.1) is 11.6 Å². The predicted molar refractivity (Wildman–Crippen MR) is 289 cm³/mol. The van der Waals surface area contributed by atoms with Crippen molar-refractivity contribution in [1.29, 1.82) is 0 Å². The number of nitrogens with one attached hydrogen (secondary N) is 4. The number of fused-ring (bicyclic) bond motifs is 2. The third-order valence-electron chi connectivity index (χ3n) is 14.2. The van der Waals surface area contributed by atoms with Gasteiger partial charge in [0.05, 0.1) is 24.5 Å². The Labute approximate surface area is 454 Å². The molecule has 0 spiro atoms. The normalized spacial score (nSPS) is 19.2. The molecule has 2 saturated heterocycles. The van der Waals surface area contributed by atoms with Gasteiger partial charge in [-0.3, -0.25) is 28.9 Å². The van der Waals surface area contributed by atoms with Gasteiger partial charge in [0.2, 0.25) is 17.7 Å². The Balaban J connectivity index is 1.38. The van der Waals surface area contributed by atoms with Crippen molar-refractivity contribution in [2.45, 2.75) is 181 Å². The van der Waals surface area contributed by atoms with E-state index < -0.39 is 113 Å². The Morgan fingerprint density at radius 3 is 1.42 bits per heavy atom. The maximum atomic E-state index is 15.2. The van der Waals surface area contributed by atoms with Gasteiger partial charge >= 0.3 is 24.1 Å². The lowest BCUT2D eigenvalue weighted by Gasteiger charge is -2.37. The number of hydrogen-bond acceptors (Lipinski definition) is 11. The molecule has 6 rings (SSSR count). The number of aromatic nitrogens is 2. The number of esters is 2. The van der Waals surface area contributed by atoms with E-state index in [0.29, 0.717) is 44.3 Å². The summed E-state index contributed by atoms with van der Waals surface area (Å²) in [5, 5.41) is 18.2. The molecule has 8 atom stereocenters. The molecular formula is C56H76F2N9O11-. The first kappa shape index (κ1) is 60.0. The van der Waals surface area contributed by atoms with Gasteiger partial charge in [0.1, 0.15) is 47.1 Å². The number of H-pyrrole nitrogens is 2. The zero-order valence-electron chi connectivity index (χ0n) is 47.2. The minimum atomic E-state index is -1.06. The standard InChI is InChI=1S/C56H76F2N9O11/c1-15-43(62-49(59)29(3)64(13)53(73)77-55(7,8)9)51(71)66-27-37(75-31(5)68)23-35(66)25-41-39-19-17-33(57)21-45(39)60-47(41)48-42(40-20-18-34(58)22-46(40)61-48)26-36-24-38(76-32(6)69)28-67(36)52(72)44(16-2)63-50(70)30(4)65(14)54(74)78-56(10,11)12/h17-22,29-30,35-38,43-44,60-61H,15-16,23-28H2,1-14H3,(H2-,59,62,63,70)/q-1/t29-,30-,35-,36-,37?,38-,43-,44?/m0/s1. The van der Waals surface area contributed by atoms with Crippen molar-refractivity contribution >= 4 is 69.5 Å². The number of rotatable bonds is 17. The average Bonchev–Trinajstić information content (AvgIpc) is 4.21. The van der Waals surface area contributed by atoms with E-state index >= 15 is 8.78 Å². The highest BCUT2D eigenvalue weighted by Crippen LogP contribution is 2.40. The predicted octanol–water partition coefficient (Wildman–Crippen LogP) is 7.49. The van der Waals surface area contributed by atoms with Crippen LogP contribution in [0.5, 0.6) is 0 Å². The van der Waals surface area contributed by atoms with Crippen molar-refractivity contribution in [3.05, 3.63) is 64.6 Å². The topological polar surface area (TPSA) is 247 Å². The van der Waals surface area contributed by atoms with Gasteiger partial charge in [0, 0.05) is 86.8 Å². The second-order valence-electron chi connectivity index (χ2n) is 22.5. The van der Waals surface area contributed by atoms with Crippen molar-refractivity contribution < 1.29 is 61.3 Å². The number of likely N-dealkylation sites (tertiary alicyclic amines) is 2. The first-order valence-electron chi connectivity index (χ1n) is 26.5. The fourth-order valence-electron chi connectivity index (χ4n) is 10.1. The molecule has 0 bridgehead atoms. The molecule has 2 aliphatic heterocycles. The number of likely N-dealkylation sites (N-methyl/N-ethyl adjacent to an activating group) is 2. The first-order valence-corrected chi connectivity index (χ1v) is 26.5. The van der Waals surface area contributed by atoms with E-state index in [1.54, 1.807) is 84.2 Å². The molecular weight excluding hydrogens is 1010 g/mol. The van der Waals surface area contributed by atoms with Crippen LogP contribution in [0.15, 0.2) is 36.4 Å². The molecule has 4 N–H and O–H groups in total. The maximum Gasteiger partial charge on any atom is 0.410 e. The molecule has 0 saturated carbocycles. The average molecular weight is 1090 g/mol. The Morgan fingerprint density at radius 1 is 0.667 bits per heavy atom. The molecule has 5 amide bonds. The number of amides is 5. The smallest absolute Gasteiger partial charge is 0.410 e. The van der Waals surface area contributed by atoms with Gasteiger partial charge in [-0.25, -0.2) is 18.4 Å². The lowest BCUT2D eigenvalue weighted by molar-refractivity contribution is -0.147. The molecule has 78 heavy (non-hydrogen) atoms. The molecule has 22 heteroatoms. The number of benzene rings is 2. The summed E-state index contributed by atoms with van der Waals surface area (Å²) in [7, 11) is 2.89. The number of halogens is 2. The van der Waals surface area contributed by atoms with Crippen molar-refractivity contribution in [3.8, 4) is 11.4 Å². The van der Waals surface area contributed by atoms with Gasteiger partial charge in [-0.05, 0) is 129 Å². The number of ether oxygens (including phenoxy) is 4. The van der Waals surface area contributed by atoms with E-state index in [0.717, 1.165) is 4.90 Å². The summed E-state index contributed by atoms with van der Waals surface area (Å²) >= 11 is 0. The fourth-order valence-corrected chi connectivity index (χ4v) is 10.1. The van der Waals surface area contributed by atoms with E-state index in [-0.39, 0.29) is 57.5 Å². The van der Waals surface area contributed by atoms with Gasteiger partial charge in [-0.15, -0.1) is 0 Å². The van der Waals surface area contributed by atoms with Crippen LogP contribution in [0.3, 0.4) is 0 Å². The highest BCUT2D eigenvalue weighted by atomic mass is 19.1. The first-order chi connectivity index (χ1) is 36.4. The van der Waals surface area contributed by atoms with E-state index in [4.69, 9.17) is 18.9 Å². The molecule has 0 radical (unpaired) electrons. The van der Waals surface area contributed by atoms with E-state index in [9.17, 15) is 39.0 Å². The molecule has 4 heterocycles. The minimum absolute atomic E-state index is 0.00617.